The molecular formula is C20H26N4O3S. The van der Waals surface area contributed by atoms with Crippen molar-refractivity contribution in [3.8, 4) is 17.4 Å². The van der Waals surface area contributed by atoms with Gasteiger partial charge >= 0.3 is 0 Å². The van der Waals surface area contributed by atoms with Crippen LogP contribution in [0.5, 0.6) is 17.4 Å². The van der Waals surface area contributed by atoms with Crippen LogP contribution in [-0.4, -0.2) is 51.9 Å². The molecule has 150 valence electrons. The maximum atomic E-state index is 11.0. The maximum absolute atomic E-state index is 11.0. The lowest BCUT2D eigenvalue weighted by Gasteiger charge is -2.34. The number of aromatic hydroxyl groups is 1. The number of aryl methyl sites for hydroxylation is 1. The van der Waals surface area contributed by atoms with Gasteiger partial charge in [0, 0.05) is 6.42 Å². The fourth-order valence-corrected chi connectivity index (χ4v) is 4.98. The number of likely N-dealkylation sites (tertiary alicyclic amines) is 1. The van der Waals surface area contributed by atoms with Gasteiger partial charge in [-0.2, -0.15) is 4.52 Å². The Morgan fingerprint density at radius 1 is 1.14 bits per heavy atom. The average molecular weight is 403 g/mol. The van der Waals surface area contributed by atoms with Gasteiger partial charge in [-0.05, 0) is 43.6 Å². The zero-order chi connectivity index (χ0) is 19.7. The highest BCUT2D eigenvalue weighted by Crippen LogP contribution is 2.42. The largest absolute Gasteiger partial charge is 0.493 e. The maximum Gasteiger partial charge on any atom is 0.230 e. The number of aromatic nitrogens is 3. The van der Waals surface area contributed by atoms with Crippen LogP contribution in [0.1, 0.15) is 48.5 Å². The van der Waals surface area contributed by atoms with Crippen LogP contribution in [0.4, 0.5) is 0 Å². The monoisotopic (exact) mass is 402 g/mol. The molecule has 0 unspecified atom stereocenters. The molecule has 0 radical (unpaired) electrons. The summed E-state index contributed by atoms with van der Waals surface area (Å²) >= 11 is 1.51. The summed E-state index contributed by atoms with van der Waals surface area (Å²) in [4.78, 5) is 8.57. The van der Waals surface area contributed by atoms with E-state index in [1.807, 2.05) is 25.1 Å². The molecule has 0 amide bonds. The van der Waals surface area contributed by atoms with Gasteiger partial charge in [0.1, 0.15) is 0 Å². The SMILES string of the molecule is CCc1nc2sc([C@H](c3ccc(OC)c(OC)c3)N3CCCCC3)c(O)n2n1. The van der Waals surface area contributed by atoms with Crippen LogP contribution in [-0.2, 0) is 6.42 Å². The molecule has 1 aliphatic heterocycles. The molecule has 1 saturated heterocycles. The van der Waals surface area contributed by atoms with Crippen LogP contribution in [0.25, 0.3) is 4.96 Å². The molecule has 7 nitrogen and oxygen atoms in total. The number of methoxy groups -OCH3 is 2. The Morgan fingerprint density at radius 2 is 1.89 bits per heavy atom. The van der Waals surface area contributed by atoms with Gasteiger partial charge in [0.15, 0.2) is 17.3 Å². The third kappa shape index (κ3) is 3.31. The lowest BCUT2D eigenvalue weighted by Crippen LogP contribution is -2.34. The molecule has 0 saturated carbocycles. The summed E-state index contributed by atoms with van der Waals surface area (Å²) in [6.07, 6.45) is 4.31. The van der Waals surface area contributed by atoms with Crippen molar-refractivity contribution >= 4 is 16.3 Å². The molecule has 1 atom stereocenters. The Bertz CT molecular complexity index is 962. The van der Waals surface area contributed by atoms with E-state index in [0.29, 0.717) is 11.5 Å². The van der Waals surface area contributed by atoms with Crippen molar-refractivity contribution in [1.82, 2.24) is 19.5 Å². The first-order valence-corrected chi connectivity index (χ1v) is 10.5. The van der Waals surface area contributed by atoms with Crippen molar-refractivity contribution in [2.75, 3.05) is 27.3 Å². The number of hydrogen-bond acceptors (Lipinski definition) is 7. The van der Waals surface area contributed by atoms with Crippen molar-refractivity contribution in [3.05, 3.63) is 34.5 Å². The zero-order valence-electron chi connectivity index (χ0n) is 16.5. The van der Waals surface area contributed by atoms with E-state index in [1.165, 1.54) is 17.8 Å². The number of fused-ring (bicyclic) bond motifs is 1. The lowest BCUT2D eigenvalue weighted by molar-refractivity contribution is 0.186. The van der Waals surface area contributed by atoms with E-state index in [1.54, 1.807) is 18.7 Å². The Morgan fingerprint density at radius 3 is 2.54 bits per heavy atom. The quantitative estimate of drug-likeness (QED) is 0.679. The molecular weight excluding hydrogens is 376 g/mol. The number of ether oxygens (including phenoxy) is 2. The molecule has 28 heavy (non-hydrogen) atoms. The van der Waals surface area contributed by atoms with E-state index < -0.39 is 0 Å². The topological polar surface area (TPSA) is 72.1 Å². The van der Waals surface area contributed by atoms with E-state index in [0.717, 1.165) is 53.6 Å². The van der Waals surface area contributed by atoms with Crippen LogP contribution in [0, 0.1) is 0 Å². The Kier molecular flexibility index (Phi) is 5.41. The van der Waals surface area contributed by atoms with E-state index in [2.05, 4.69) is 15.0 Å². The predicted molar refractivity (Wildman–Crippen MR) is 109 cm³/mol. The van der Waals surface area contributed by atoms with E-state index in [-0.39, 0.29) is 11.9 Å². The first kappa shape index (κ1) is 19.0. The summed E-state index contributed by atoms with van der Waals surface area (Å²) in [5, 5.41) is 15.4. The van der Waals surface area contributed by atoms with Gasteiger partial charge in [0.05, 0.1) is 25.1 Å². The van der Waals surface area contributed by atoms with Gasteiger partial charge in [-0.1, -0.05) is 30.7 Å². The molecule has 0 bridgehead atoms. The average Bonchev–Trinajstić information content (AvgIpc) is 3.28. The van der Waals surface area contributed by atoms with Crippen molar-refractivity contribution < 1.29 is 14.6 Å². The predicted octanol–water partition coefficient (Wildman–Crippen LogP) is 3.65. The summed E-state index contributed by atoms with van der Waals surface area (Å²) in [6.45, 7) is 4.00. The summed E-state index contributed by atoms with van der Waals surface area (Å²) in [5.41, 5.74) is 1.06. The number of benzene rings is 1. The van der Waals surface area contributed by atoms with Crippen LogP contribution in [0.3, 0.4) is 0 Å². The molecule has 1 aliphatic rings. The molecule has 4 rings (SSSR count). The number of piperidine rings is 1. The number of nitrogens with zero attached hydrogens (tertiary/aromatic N) is 4. The molecule has 3 aromatic rings. The van der Waals surface area contributed by atoms with Crippen LogP contribution < -0.4 is 9.47 Å². The summed E-state index contributed by atoms with van der Waals surface area (Å²) in [5.74, 6) is 2.31. The van der Waals surface area contributed by atoms with Gasteiger partial charge < -0.3 is 14.6 Å². The molecule has 2 aromatic heterocycles. The number of thiazole rings is 1. The van der Waals surface area contributed by atoms with Crippen molar-refractivity contribution in [2.24, 2.45) is 0 Å². The highest BCUT2D eigenvalue weighted by Gasteiger charge is 2.31. The highest BCUT2D eigenvalue weighted by molar-refractivity contribution is 7.17. The highest BCUT2D eigenvalue weighted by atomic mass is 32.1. The minimum Gasteiger partial charge on any atom is -0.493 e. The Hall–Kier alpha value is -2.32. The van der Waals surface area contributed by atoms with E-state index >= 15 is 0 Å². The molecule has 8 heteroatoms. The fourth-order valence-electron chi connectivity index (χ4n) is 3.85. The molecule has 3 heterocycles. The van der Waals surface area contributed by atoms with E-state index in [9.17, 15) is 5.11 Å². The van der Waals surface area contributed by atoms with Gasteiger partial charge in [0.2, 0.25) is 10.8 Å². The Labute approximate surface area is 168 Å². The first-order chi connectivity index (χ1) is 13.7. The van der Waals surface area contributed by atoms with Gasteiger partial charge in [-0.25, -0.2) is 4.98 Å². The molecule has 0 spiro atoms. The Balaban J connectivity index is 1.82. The number of rotatable bonds is 6. The summed E-state index contributed by atoms with van der Waals surface area (Å²) in [6, 6.07) is 5.91. The van der Waals surface area contributed by atoms with Crippen molar-refractivity contribution in [2.45, 2.75) is 38.6 Å². The standard InChI is InChI=1S/C20H26N4O3S/c1-4-16-21-20-24(22-16)19(25)18(28-20)17(23-10-6-5-7-11-23)13-8-9-14(26-2)15(12-13)27-3/h8-9,12,17,25H,4-7,10-11H2,1-3H3/t17-/m0/s1. The summed E-state index contributed by atoms with van der Waals surface area (Å²) < 4.78 is 12.5. The van der Waals surface area contributed by atoms with E-state index in [4.69, 9.17) is 9.47 Å². The zero-order valence-corrected chi connectivity index (χ0v) is 17.3. The van der Waals surface area contributed by atoms with Gasteiger partial charge in [-0.15, -0.1) is 5.10 Å². The smallest absolute Gasteiger partial charge is 0.230 e. The second-order valence-corrected chi connectivity index (χ2v) is 7.99. The third-order valence-corrected chi connectivity index (χ3v) is 6.36. The second kappa shape index (κ2) is 7.97. The molecule has 1 fully saturated rings. The minimum atomic E-state index is -0.0707. The third-order valence-electron chi connectivity index (χ3n) is 5.29. The van der Waals surface area contributed by atoms with Crippen LogP contribution in [0.2, 0.25) is 0 Å². The second-order valence-electron chi connectivity index (χ2n) is 6.98. The molecule has 1 aromatic carbocycles. The van der Waals surface area contributed by atoms with Crippen molar-refractivity contribution in [3.63, 3.8) is 0 Å². The molecule has 0 aliphatic carbocycles. The van der Waals surface area contributed by atoms with Gasteiger partial charge in [0.25, 0.3) is 0 Å². The van der Waals surface area contributed by atoms with Crippen molar-refractivity contribution in [1.29, 1.82) is 0 Å². The first-order valence-electron chi connectivity index (χ1n) is 9.69. The summed E-state index contributed by atoms with van der Waals surface area (Å²) in [7, 11) is 3.28. The van der Waals surface area contributed by atoms with Gasteiger partial charge in [-0.3, -0.25) is 4.90 Å². The fraction of sp³-hybridized carbons (Fsp3) is 0.500. The lowest BCUT2D eigenvalue weighted by atomic mass is 10.00. The number of hydrogen-bond donors (Lipinski definition) is 1. The normalized spacial score (nSPS) is 16.4. The van der Waals surface area contributed by atoms with Crippen LogP contribution in [0.15, 0.2) is 18.2 Å². The molecule has 1 N–H and O–H groups in total. The van der Waals surface area contributed by atoms with Crippen LogP contribution >= 0.6 is 11.3 Å². The minimum absolute atomic E-state index is 0.0707.